The van der Waals surface area contributed by atoms with Crippen molar-refractivity contribution in [3.05, 3.63) is 36.2 Å². The highest BCUT2D eigenvalue weighted by Crippen LogP contribution is 2.32. The number of aliphatic hydroxyl groups excluding tert-OH is 2. The van der Waals surface area contributed by atoms with Crippen LogP contribution in [0.1, 0.15) is 18.7 Å². The summed E-state index contributed by atoms with van der Waals surface area (Å²) in [5, 5.41) is 26.5. The molecule has 1 aliphatic heterocycles. The van der Waals surface area contributed by atoms with Gasteiger partial charge in [-0.1, -0.05) is 12.1 Å². The van der Waals surface area contributed by atoms with Crippen molar-refractivity contribution in [1.29, 1.82) is 0 Å². The van der Waals surface area contributed by atoms with E-state index in [1.54, 1.807) is 14.0 Å². The smallest absolute Gasteiger partial charge is 0.252 e. The van der Waals surface area contributed by atoms with Gasteiger partial charge in [0.15, 0.2) is 23.8 Å². The van der Waals surface area contributed by atoms with Crippen LogP contribution in [-0.4, -0.2) is 74.2 Å². The fourth-order valence-electron chi connectivity index (χ4n) is 3.70. The topological polar surface area (TPSA) is 170 Å². The molecule has 12 nitrogen and oxygen atoms in total. The van der Waals surface area contributed by atoms with E-state index in [1.165, 1.54) is 10.9 Å². The van der Waals surface area contributed by atoms with E-state index >= 15 is 0 Å². The molecule has 0 bridgehead atoms. The molecule has 1 fully saturated rings. The van der Waals surface area contributed by atoms with Gasteiger partial charge in [-0.25, -0.2) is 4.98 Å². The Labute approximate surface area is 189 Å². The van der Waals surface area contributed by atoms with Gasteiger partial charge in [-0.3, -0.25) is 9.36 Å². The minimum absolute atomic E-state index is 0.152. The number of carbonyl (C=O) groups is 1. The Morgan fingerprint density at radius 2 is 2.00 bits per heavy atom. The van der Waals surface area contributed by atoms with Crippen molar-refractivity contribution >= 4 is 28.8 Å². The number of fused-ring (bicyclic) bond motifs is 1. The van der Waals surface area contributed by atoms with Crippen LogP contribution in [0.25, 0.3) is 11.2 Å². The predicted molar refractivity (Wildman–Crippen MR) is 120 cm³/mol. The quantitative estimate of drug-likeness (QED) is 0.306. The Morgan fingerprint density at radius 3 is 2.70 bits per heavy atom. The molecule has 1 aromatic carbocycles. The number of nitrogen functional groups attached to an aromatic ring is 1. The van der Waals surface area contributed by atoms with Crippen LogP contribution in [0, 0.1) is 0 Å². The second kappa shape index (κ2) is 9.57. The average molecular weight is 457 g/mol. The number of benzene rings is 1. The van der Waals surface area contributed by atoms with E-state index in [2.05, 4.69) is 25.6 Å². The van der Waals surface area contributed by atoms with E-state index in [-0.39, 0.29) is 11.8 Å². The van der Waals surface area contributed by atoms with Crippen molar-refractivity contribution in [2.24, 2.45) is 0 Å². The van der Waals surface area contributed by atoms with Crippen molar-refractivity contribution in [3.8, 4) is 5.75 Å². The van der Waals surface area contributed by atoms with Gasteiger partial charge in [-0.2, -0.15) is 9.97 Å². The van der Waals surface area contributed by atoms with Crippen LogP contribution >= 0.6 is 0 Å². The van der Waals surface area contributed by atoms with E-state index in [9.17, 15) is 15.0 Å². The van der Waals surface area contributed by atoms with Crippen LogP contribution in [-0.2, 0) is 16.0 Å². The Kier molecular flexibility index (Phi) is 6.58. The molecule has 1 aliphatic rings. The van der Waals surface area contributed by atoms with E-state index in [0.717, 1.165) is 17.7 Å². The maximum Gasteiger partial charge on any atom is 0.252 e. The zero-order valence-electron chi connectivity index (χ0n) is 18.3. The molecule has 4 unspecified atom stereocenters. The number of nitrogens with one attached hydrogen (secondary N) is 2. The number of hydrogen-bond acceptors (Lipinski definition) is 10. The highest BCUT2D eigenvalue weighted by molar-refractivity contribution is 5.83. The molecule has 4 atom stereocenters. The summed E-state index contributed by atoms with van der Waals surface area (Å²) >= 11 is 0. The van der Waals surface area contributed by atoms with Crippen molar-refractivity contribution < 1.29 is 24.5 Å². The minimum Gasteiger partial charge on any atom is -0.497 e. The highest BCUT2D eigenvalue weighted by atomic mass is 16.6. The number of nitrogens with two attached hydrogens (primary N) is 1. The number of aromatic nitrogens is 4. The Balaban J connectivity index is 1.51. The second-order valence-corrected chi connectivity index (χ2v) is 7.60. The van der Waals surface area contributed by atoms with E-state index in [4.69, 9.17) is 15.2 Å². The number of aliphatic hydroxyl groups is 2. The summed E-state index contributed by atoms with van der Waals surface area (Å²) in [6, 6.07) is 7.74. The molecule has 4 rings (SSSR count). The number of likely N-dealkylation sites (N-methyl/N-ethyl adjacent to an activating group) is 1. The van der Waals surface area contributed by atoms with Gasteiger partial charge in [0.1, 0.15) is 23.5 Å². The molecule has 1 amide bonds. The molecule has 6 N–H and O–H groups in total. The second-order valence-electron chi connectivity index (χ2n) is 7.60. The molecule has 33 heavy (non-hydrogen) atoms. The first-order valence-electron chi connectivity index (χ1n) is 10.6. The molecule has 3 aromatic rings. The normalized spacial score (nSPS) is 22.4. The summed E-state index contributed by atoms with van der Waals surface area (Å²) in [6.07, 6.45) is -2.95. The van der Waals surface area contributed by atoms with Crippen LogP contribution in [0.3, 0.4) is 0 Å². The number of methoxy groups -OCH3 is 1. The number of ether oxygens (including phenoxy) is 2. The summed E-state index contributed by atoms with van der Waals surface area (Å²) < 4.78 is 12.3. The molecular formula is C21H27N7O5. The fraction of sp³-hybridized carbons (Fsp3) is 0.429. The monoisotopic (exact) mass is 457 g/mol. The highest BCUT2D eigenvalue weighted by Gasteiger charge is 2.47. The number of hydrogen-bond donors (Lipinski definition) is 5. The molecule has 0 spiro atoms. The van der Waals surface area contributed by atoms with Crippen molar-refractivity contribution in [2.75, 3.05) is 31.2 Å². The van der Waals surface area contributed by atoms with E-state index in [1.807, 2.05) is 24.3 Å². The summed E-state index contributed by atoms with van der Waals surface area (Å²) in [7, 11) is 1.62. The number of nitrogens with zero attached hydrogens (tertiary/aromatic N) is 4. The molecular weight excluding hydrogens is 430 g/mol. The van der Waals surface area contributed by atoms with Gasteiger partial charge < -0.3 is 36.1 Å². The van der Waals surface area contributed by atoms with Crippen molar-refractivity contribution in [3.63, 3.8) is 0 Å². The zero-order chi connectivity index (χ0) is 23.5. The minimum atomic E-state index is -1.40. The number of amides is 1. The number of anilines is 2. The Hall–Kier alpha value is -3.48. The largest absolute Gasteiger partial charge is 0.497 e. The van der Waals surface area contributed by atoms with Gasteiger partial charge in [-0.05, 0) is 31.0 Å². The maximum atomic E-state index is 12.2. The van der Waals surface area contributed by atoms with Gasteiger partial charge in [0, 0.05) is 13.1 Å². The zero-order valence-corrected chi connectivity index (χ0v) is 18.3. The molecule has 0 aliphatic carbocycles. The average Bonchev–Trinajstić information content (AvgIpc) is 3.36. The Bertz CT molecular complexity index is 1120. The van der Waals surface area contributed by atoms with Crippen molar-refractivity contribution in [1.82, 2.24) is 24.8 Å². The lowest BCUT2D eigenvalue weighted by Crippen LogP contribution is -2.42. The molecule has 0 radical (unpaired) electrons. The lowest BCUT2D eigenvalue weighted by Gasteiger charge is -2.16. The van der Waals surface area contributed by atoms with Crippen molar-refractivity contribution in [2.45, 2.75) is 37.9 Å². The van der Waals surface area contributed by atoms with Crippen LogP contribution in [0.5, 0.6) is 5.75 Å². The molecule has 176 valence electrons. The molecule has 12 heteroatoms. The number of rotatable bonds is 8. The van der Waals surface area contributed by atoms with Gasteiger partial charge in [-0.15, -0.1) is 0 Å². The van der Waals surface area contributed by atoms with Gasteiger partial charge in [0.25, 0.3) is 5.91 Å². The van der Waals surface area contributed by atoms with Gasteiger partial charge in [0.2, 0.25) is 5.95 Å². The van der Waals surface area contributed by atoms with Gasteiger partial charge >= 0.3 is 0 Å². The number of carbonyl (C=O) groups excluding carboxylic acids is 1. The first-order chi connectivity index (χ1) is 15.9. The Morgan fingerprint density at radius 1 is 1.24 bits per heavy atom. The molecule has 3 heterocycles. The molecule has 1 saturated heterocycles. The van der Waals surface area contributed by atoms with Crippen LogP contribution < -0.4 is 21.1 Å². The maximum absolute atomic E-state index is 12.2. The third kappa shape index (κ3) is 4.53. The number of imidazole rings is 1. The lowest BCUT2D eigenvalue weighted by molar-refractivity contribution is -0.137. The standard InChI is InChI=1S/C21H27N7O5/c1-3-23-19(31)16-14(29)15(30)20(33-16)28-10-25-13-17(22)26-21(27-18(13)28)24-9-8-11-4-6-12(32-2)7-5-11/h4-7,10,14-16,20,29-30H,3,8-9H2,1-2H3,(H,23,31)(H3,22,24,26,27). The van der Waals surface area contributed by atoms with Crippen LogP contribution in [0.2, 0.25) is 0 Å². The first-order valence-corrected chi connectivity index (χ1v) is 10.6. The van der Waals surface area contributed by atoms with E-state index < -0.39 is 30.4 Å². The summed E-state index contributed by atoms with van der Waals surface area (Å²) in [5.41, 5.74) is 7.80. The summed E-state index contributed by atoms with van der Waals surface area (Å²) in [5.74, 6) is 0.714. The van der Waals surface area contributed by atoms with Crippen LogP contribution in [0.4, 0.5) is 11.8 Å². The third-order valence-electron chi connectivity index (χ3n) is 5.43. The first kappa shape index (κ1) is 22.7. The third-order valence-corrected chi connectivity index (χ3v) is 5.43. The molecule has 2 aromatic heterocycles. The molecule has 0 saturated carbocycles. The van der Waals surface area contributed by atoms with Crippen LogP contribution in [0.15, 0.2) is 30.6 Å². The van der Waals surface area contributed by atoms with Gasteiger partial charge in [0.05, 0.1) is 13.4 Å². The fourth-order valence-corrected chi connectivity index (χ4v) is 3.70. The summed E-state index contributed by atoms with van der Waals surface area (Å²) in [4.78, 5) is 25.1. The predicted octanol–water partition coefficient (Wildman–Crippen LogP) is -0.173. The SMILES string of the molecule is CCNC(=O)C1OC(n2cnc3c(N)nc(NCCc4ccc(OC)cc4)nc32)C(O)C1O. The van der Waals surface area contributed by atoms with E-state index in [0.29, 0.717) is 24.3 Å². The lowest BCUT2D eigenvalue weighted by atomic mass is 10.1. The summed E-state index contributed by atoms with van der Waals surface area (Å²) in [6.45, 7) is 2.67.